The van der Waals surface area contributed by atoms with Crippen molar-refractivity contribution < 1.29 is 9.53 Å². The highest BCUT2D eigenvalue weighted by atomic mass is 16.5. The van der Waals surface area contributed by atoms with Crippen molar-refractivity contribution in [1.29, 1.82) is 0 Å². The third-order valence-electron chi connectivity index (χ3n) is 3.59. The molecule has 1 aliphatic heterocycles. The summed E-state index contributed by atoms with van der Waals surface area (Å²) in [7, 11) is 0. The van der Waals surface area contributed by atoms with Crippen LogP contribution in [0.5, 0.6) is 5.75 Å². The first-order chi connectivity index (χ1) is 11.5. The van der Waals surface area contributed by atoms with E-state index in [9.17, 15) is 9.59 Å². The molecule has 0 saturated carbocycles. The lowest BCUT2D eigenvalue weighted by Crippen LogP contribution is -2.33. The van der Waals surface area contributed by atoms with Crippen molar-refractivity contribution in [3.05, 3.63) is 40.2 Å². The Morgan fingerprint density at radius 1 is 1.29 bits per heavy atom. The van der Waals surface area contributed by atoms with Crippen molar-refractivity contribution in [2.45, 2.75) is 19.8 Å². The maximum Gasteiger partial charge on any atom is 0.290 e. The molecule has 8 heteroatoms. The van der Waals surface area contributed by atoms with Crippen LogP contribution in [0.25, 0.3) is 0 Å². The van der Waals surface area contributed by atoms with Crippen molar-refractivity contribution >= 4 is 29.7 Å². The lowest BCUT2D eigenvalue weighted by molar-refractivity contribution is 0.0835. The van der Waals surface area contributed by atoms with Crippen LogP contribution in [0.2, 0.25) is 0 Å². The number of aromatic nitrogens is 2. The number of carbonyl (C=O) groups excluding carboxylic acids is 1. The lowest BCUT2D eigenvalue weighted by atomic mass is 10.0. The first-order valence-electron chi connectivity index (χ1n) is 7.39. The monoisotopic (exact) mass is 326 g/mol. The predicted octanol–water partition coefficient (Wildman–Crippen LogP) is 1.58. The highest BCUT2D eigenvalue weighted by Crippen LogP contribution is 2.22. The van der Waals surface area contributed by atoms with Gasteiger partial charge in [-0.25, -0.2) is 14.9 Å². The fourth-order valence-electron chi connectivity index (χ4n) is 2.26. The van der Waals surface area contributed by atoms with Crippen molar-refractivity contribution in [1.82, 2.24) is 14.9 Å². The van der Waals surface area contributed by atoms with Crippen LogP contribution in [0.15, 0.2) is 34.1 Å². The number of anilines is 1. The molecule has 0 spiro atoms. The first-order valence-corrected chi connectivity index (χ1v) is 7.39. The number of ether oxygens (including phenoxy) is 1. The van der Waals surface area contributed by atoms with Crippen molar-refractivity contribution in [2.75, 3.05) is 12.3 Å². The van der Waals surface area contributed by atoms with E-state index in [1.165, 1.54) is 11.9 Å². The molecule has 1 aromatic carbocycles. The Balaban J connectivity index is 1.76. The number of hydrogen-bond donors (Lipinski definition) is 1. The molecule has 0 bridgehead atoms. The zero-order valence-corrected chi connectivity index (χ0v) is 13.3. The zero-order chi connectivity index (χ0) is 17.3. The molecule has 24 heavy (non-hydrogen) atoms. The lowest BCUT2D eigenvalue weighted by Gasteiger charge is -2.11. The van der Waals surface area contributed by atoms with E-state index >= 15 is 0 Å². The second kappa shape index (κ2) is 6.15. The Labute approximate surface area is 138 Å². The van der Waals surface area contributed by atoms with Gasteiger partial charge < -0.3 is 10.5 Å². The maximum atomic E-state index is 12.3. The third kappa shape index (κ3) is 2.85. The number of aliphatic imine (C=N–C) groups is 1. The van der Waals surface area contributed by atoms with Crippen LogP contribution in [-0.2, 0) is 0 Å². The molecular formula is C16H16N5O3. The van der Waals surface area contributed by atoms with Gasteiger partial charge in [0.05, 0.1) is 0 Å². The number of fused-ring (bicyclic) bond motifs is 1. The van der Waals surface area contributed by atoms with E-state index in [0.29, 0.717) is 11.7 Å². The Morgan fingerprint density at radius 2 is 2.00 bits per heavy atom. The standard InChI is InChI=1S/C16H16N5O3/c1-9(2)10-3-5-11(6-4-10)24-7-12(22)21-15(23)13-14(19-8-18-13)20-16(21)17/h3-6,8-9H,7H2,1-2H3,(H2,17,20). The van der Waals surface area contributed by atoms with Gasteiger partial charge in [-0.05, 0) is 23.6 Å². The van der Waals surface area contributed by atoms with Crippen LogP contribution < -0.4 is 21.3 Å². The second-order valence-electron chi connectivity index (χ2n) is 5.56. The van der Waals surface area contributed by atoms with Gasteiger partial charge in [0.2, 0.25) is 5.95 Å². The van der Waals surface area contributed by atoms with Crippen LogP contribution >= 0.6 is 0 Å². The minimum atomic E-state index is -0.654. The Hall–Kier alpha value is -3.16. The maximum absolute atomic E-state index is 12.3. The van der Waals surface area contributed by atoms with E-state index < -0.39 is 11.5 Å². The molecule has 0 aliphatic carbocycles. The van der Waals surface area contributed by atoms with Crippen LogP contribution in [0.1, 0.15) is 30.1 Å². The molecule has 1 radical (unpaired) electrons. The molecule has 123 valence electrons. The van der Waals surface area contributed by atoms with Gasteiger partial charge in [-0.1, -0.05) is 26.0 Å². The van der Waals surface area contributed by atoms with E-state index in [1.54, 1.807) is 12.1 Å². The quantitative estimate of drug-likeness (QED) is 0.916. The summed E-state index contributed by atoms with van der Waals surface area (Å²) < 4.78 is 6.18. The van der Waals surface area contributed by atoms with E-state index in [2.05, 4.69) is 29.1 Å². The molecule has 0 unspecified atom stereocenters. The minimum Gasteiger partial charge on any atom is -0.484 e. The van der Waals surface area contributed by atoms with Gasteiger partial charge in [0.1, 0.15) is 12.1 Å². The molecular weight excluding hydrogens is 310 g/mol. The van der Waals surface area contributed by atoms with Crippen molar-refractivity contribution in [2.24, 2.45) is 4.99 Å². The molecule has 0 fully saturated rings. The second-order valence-corrected chi connectivity index (χ2v) is 5.56. The summed E-state index contributed by atoms with van der Waals surface area (Å²) in [5.41, 5.74) is 6.19. The summed E-state index contributed by atoms with van der Waals surface area (Å²) in [6.45, 7) is 3.83. The Kier molecular flexibility index (Phi) is 4.03. The number of nitrogens with zero attached hydrogens (tertiary/aromatic N) is 4. The molecule has 0 atom stereocenters. The molecule has 2 aromatic rings. The van der Waals surface area contributed by atoms with Gasteiger partial charge in [-0.3, -0.25) is 9.59 Å². The summed E-state index contributed by atoms with van der Waals surface area (Å²) in [4.78, 5) is 32.2. The molecule has 0 saturated heterocycles. The average Bonchev–Trinajstić information content (AvgIpc) is 3.01. The summed E-state index contributed by atoms with van der Waals surface area (Å²) in [5.74, 6) is 0.190. The number of hydrogen-bond acceptors (Lipinski definition) is 6. The highest BCUT2D eigenvalue weighted by molar-refractivity contribution is 5.86. The van der Waals surface area contributed by atoms with Crippen molar-refractivity contribution in [3.8, 4) is 5.75 Å². The van der Waals surface area contributed by atoms with Gasteiger partial charge in [-0.15, -0.1) is 0 Å². The molecule has 0 amide bonds. The third-order valence-corrected chi connectivity index (χ3v) is 3.59. The highest BCUT2D eigenvalue weighted by Gasteiger charge is 2.22. The van der Waals surface area contributed by atoms with Crippen LogP contribution in [-0.4, -0.2) is 28.4 Å². The Bertz CT molecular complexity index is 869. The van der Waals surface area contributed by atoms with Crippen LogP contribution in [0.3, 0.4) is 0 Å². The SMILES string of the molecule is CC(C)c1ccc(OCC(=O)n2c(N)nc3c(c2=O)N=C[N]3)cc1. The fraction of sp³-hybridized carbons (Fsp3) is 0.250. The topological polar surface area (TPSA) is 114 Å². The van der Waals surface area contributed by atoms with Gasteiger partial charge in [-0.2, -0.15) is 4.98 Å². The predicted molar refractivity (Wildman–Crippen MR) is 89.5 cm³/mol. The fourth-order valence-corrected chi connectivity index (χ4v) is 2.26. The summed E-state index contributed by atoms with van der Waals surface area (Å²) >= 11 is 0. The number of rotatable bonds is 4. The Morgan fingerprint density at radius 3 is 2.67 bits per heavy atom. The van der Waals surface area contributed by atoms with E-state index in [4.69, 9.17) is 10.5 Å². The smallest absolute Gasteiger partial charge is 0.290 e. The van der Waals surface area contributed by atoms with E-state index in [1.807, 2.05) is 12.1 Å². The van der Waals surface area contributed by atoms with Gasteiger partial charge >= 0.3 is 0 Å². The molecule has 1 aromatic heterocycles. The number of nitrogen functional groups attached to an aromatic ring is 1. The molecule has 3 rings (SSSR count). The molecule has 2 heterocycles. The molecule has 8 nitrogen and oxygen atoms in total. The normalized spacial score (nSPS) is 12.1. The largest absolute Gasteiger partial charge is 0.484 e. The van der Waals surface area contributed by atoms with Crippen LogP contribution in [0, 0.1) is 0 Å². The van der Waals surface area contributed by atoms with Gasteiger partial charge in [0.15, 0.2) is 18.1 Å². The average molecular weight is 326 g/mol. The first kappa shape index (κ1) is 15.7. The number of benzene rings is 1. The van der Waals surface area contributed by atoms with E-state index in [0.717, 1.165) is 4.57 Å². The summed E-state index contributed by atoms with van der Waals surface area (Å²) in [6.07, 6.45) is 1.19. The van der Waals surface area contributed by atoms with E-state index in [-0.39, 0.29) is 24.1 Å². The minimum absolute atomic E-state index is 0.00108. The van der Waals surface area contributed by atoms with Gasteiger partial charge in [0.25, 0.3) is 11.5 Å². The number of carbonyl (C=O) groups is 1. The molecule has 2 N–H and O–H groups in total. The molecule has 1 aliphatic rings. The number of nitrogens with two attached hydrogens (primary N) is 1. The summed E-state index contributed by atoms with van der Waals surface area (Å²) in [6, 6.07) is 7.41. The summed E-state index contributed by atoms with van der Waals surface area (Å²) in [5, 5.41) is 3.80. The van der Waals surface area contributed by atoms with Crippen molar-refractivity contribution in [3.63, 3.8) is 0 Å². The zero-order valence-electron chi connectivity index (χ0n) is 13.3. The van der Waals surface area contributed by atoms with Crippen LogP contribution in [0.4, 0.5) is 17.5 Å². The van der Waals surface area contributed by atoms with Gasteiger partial charge in [0, 0.05) is 0 Å².